The van der Waals surface area contributed by atoms with Crippen LogP contribution in [-0.4, -0.2) is 18.8 Å². The first-order chi connectivity index (χ1) is 9.70. The van der Waals surface area contributed by atoms with Gasteiger partial charge in [0.2, 0.25) is 0 Å². The van der Waals surface area contributed by atoms with E-state index in [1.165, 1.54) is 6.07 Å². The minimum atomic E-state index is -0.364. The van der Waals surface area contributed by atoms with Crippen LogP contribution >= 0.6 is 0 Å². The number of benzene rings is 2. The van der Waals surface area contributed by atoms with Crippen LogP contribution in [0, 0.1) is 17.7 Å². The molecular formula is C17H16FNO. The highest BCUT2D eigenvalue weighted by atomic mass is 19.1. The molecule has 0 heterocycles. The summed E-state index contributed by atoms with van der Waals surface area (Å²) in [5, 5.41) is 8.68. The molecular weight excluding hydrogens is 253 g/mol. The first-order valence-corrected chi connectivity index (χ1v) is 6.35. The maximum atomic E-state index is 13.6. The van der Waals surface area contributed by atoms with Crippen molar-refractivity contribution in [1.82, 2.24) is 0 Å². The third kappa shape index (κ3) is 3.59. The van der Waals surface area contributed by atoms with Gasteiger partial charge in [0, 0.05) is 19.3 Å². The van der Waals surface area contributed by atoms with Crippen molar-refractivity contribution in [1.29, 1.82) is 0 Å². The second-order valence-electron chi connectivity index (χ2n) is 4.47. The number of aliphatic hydroxyl groups excluding tert-OH is 1. The average Bonchev–Trinajstić information content (AvgIpc) is 2.48. The molecule has 0 saturated heterocycles. The number of halogens is 1. The van der Waals surface area contributed by atoms with Crippen LogP contribution in [0.1, 0.15) is 11.1 Å². The Balaban J connectivity index is 2.18. The predicted octanol–water partition coefficient (Wildman–Crippen LogP) is 2.81. The fourth-order valence-electron chi connectivity index (χ4n) is 1.95. The van der Waals surface area contributed by atoms with Gasteiger partial charge < -0.3 is 10.0 Å². The van der Waals surface area contributed by atoms with Crippen LogP contribution in [0.15, 0.2) is 48.5 Å². The highest BCUT2D eigenvalue weighted by Crippen LogP contribution is 2.16. The minimum absolute atomic E-state index is 0.270. The molecule has 2 rings (SSSR count). The van der Waals surface area contributed by atoms with Crippen molar-refractivity contribution in [2.24, 2.45) is 0 Å². The highest BCUT2D eigenvalue weighted by Gasteiger charge is 2.05. The van der Waals surface area contributed by atoms with Crippen LogP contribution < -0.4 is 4.90 Å². The fraction of sp³-hybridized carbons (Fsp3) is 0.176. The van der Waals surface area contributed by atoms with Gasteiger partial charge in [0.15, 0.2) is 0 Å². The van der Waals surface area contributed by atoms with E-state index in [2.05, 4.69) is 16.7 Å². The topological polar surface area (TPSA) is 23.5 Å². The van der Waals surface area contributed by atoms with Crippen LogP contribution in [-0.2, 0) is 6.54 Å². The SMILES string of the molecule is CN(Cc1ccc(F)c(C#CCO)c1)c1ccccc1. The van der Waals surface area contributed by atoms with Crippen molar-refractivity contribution in [3.63, 3.8) is 0 Å². The van der Waals surface area contributed by atoms with Gasteiger partial charge in [0.05, 0.1) is 5.56 Å². The number of anilines is 1. The number of hydrogen-bond donors (Lipinski definition) is 1. The van der Waals surface area contributed by atoms with Crippen LogP contribution in [0.5, 0.6) is 0 Å². The Morgan fingerprint density at radius 2 is 1.90 bits per heavy atom. The standard InChI is InChI=1S/C17H16FNO/c1-19(16-7-3-2-4-8-16)13-14-9-10-17(18)15(12-14)6-5-11-20/h2-4,7-10,12,20H,11,13H2,1H3. The van der Waals surface area contributed by atoms with Crippen molar-refractivity contribution in [3.05, 3.63) is 65.5 Å². The molecule has 2 aromatic rings. The average molecular weight is 269 g/mol. The molecule has 1 N–H and O–H groups in total. The number of nitrogens with zero attached hydrogens (tertiary/aromatic N) is 1. The maximum Gasteiger partial charge on any atom is 0.138 e. The molecule has 0 saturated carbocycles. The Morgan fingerprint density at radius 1 is 1.15 bits per heavy atom. The lowest BCUT2D eigenvalue weighted by atomic mass is 10.1. The fourth-order valence-corrected chi connectivity index (χ4v) is 1.95. The summed E-state index contributed by atoms with van der Waals surface area (Å²) in [5.41, 5.74) is 2.39. The van der Waals surface area contributed by atoms with Gasteiger partial charge in [-0.05, 0) is 29.8 Å². The van der Waals surface area contributed by atoms with Gasteiger partial charge >= 0.3 is 0 Å². The van der Waals surface area contributed by atoms with Gasteiger partial charge in [-0.3, -0.25) is 0 Å². The first kappa shape index (κ1) is 14.1. The molecule has 2 nitrogen and oxygen atoms in total. The quantitative estimate of drug-likeness (QED) is 0.866. The molecule has 0 bridgehead atoms. The van der Waals surface area contributed by atoms with E-state index in [0.29, 0.717) is 12.1 Å². The van der Waals surface area contributed by atoms with E-state index < -0.39 is 0 Å². The first-order valence-electron chi connectivity index (χ1n) is 6.35. The molecule has 0 unspecified atom stereocenters. The van der Waals surface area contributed by atoms with E-state index in [9.17, 15) is 4.39 Å². The highest BCUT2D eigenvalue weighted by molar-refractivity contribution is 5.46. The monoisotopic (exact) mass is 269 g/mol. The zero-order chi connectivity index (χ0) is 14.4. The van der Waals surface area contributed by atoms with E-state index in [4.69, 9.17) is 5.11 Å². The summed E-state index contributed by atoms with van der Waals surface area (Å²) in [6.45, 7) is 0.395. The smallest absolute Gasteiger partial charge is 0.138 e. The summed E-state index contributed by atoms with van der Waals surface area (Å²) in [5.74, 6) is 4.73. The predicted molar refractivity (Wildman–Crippen MR) is 78.9 cm³/mol. The van der Waals surface area contributed by atoms with Crippen LogP contribution in [0.2, 0.25) is 0 Å². The Labute approximate surface area is 118 Å². The summed E-state index contributed by atoms with van der Waals surface area (Å²) in [6, 6.07) is 14.9. The summed E-state index contributed by atoms with van der Waals surface area (Å²) < 4.78 is 13.6. The Hall–Kier alpha value is -2.31. The molecule has 0 atom stereocenters. The molecule has 0 radical (unpaired) electrons. The van der Waals surface area contributed by atoms with Crippen molar-refractivity contribution in [3.8, 4) is 11.8 Å². The molecule has 20 heavy (non-hydrogen) atoms. The molecule has 0 aliphatic carbocycles. The lowest BCUT2D eigenvalue weighted by Gasteiger charge is -2.19. The third-order valence-electron chi connectivity index (χ3n) is 2.95. The Bertz CT molecular complexity index is 628. The van der Waals surface area contributed by atoms with E-state index in [0.717, 1.165) is 11.3 Å². The van der Waals surface area contributed by atoms with Gasteiger partial charge in [0.1, 0.15) is 12.4 Å². The van der Waals surface area contributed by atoms with Gasteiger partial charge in [-0.2, -0.15) is 0 Å². The summed E-state index contributed by atoms with van der Waals surface area (Å²) in [6.07, 6.45) is 0. The summed E-state index contributed by atoms with van der Waals surface area (Å²) in [7, 11) is 1.98. The number of para-hydroxylation sites is 1. The van der Waals surface area contributed by atoms with Crippen molar-refractivity contribution in [2.45, 2.75) is 6.54 Å². The molecule has 3 heteroatoms. The van der Waals surface area contributed by atoms with Gasteiger partial charge in [-0.15, -0.1) is 0 Å². The van der Waals surface area contributed by atoms with E-state index in [-0.39, 0.29) is 12.4 Å². The minimum Gasteiger partial charge on any atom is -0.384 e. The molecule has 2 aromatic carbocycles. The van der Waals surface area contributed by atoms with Crippen LogP contribution in [0.25, 0.3) is 0 Å². The maximum absolute atomic E-state index is 13.6. The van der Waals surface area contributed by atoms with Crippen molar-refractivity contribution in [2.75, 3.05) is 18.6 Å². The van der Waals surface area contributed by atoms with Gasteiger partial charge in [-0.25, -0.2) is 4.39 Å². The zero-order valence-corrected chi connectivity index (χ0v) is 11.3. The number of rotatable bonds is 3. The summed E-state index contributed by atoms with van der Waals surface area (Å²) >= 11 is 0. The molecule has 0 aromatic heterocycles. The number of hydrogen-bond acceptors (Lipinski definition) is 2. The number of aliphatic hydroxyl groups is 1. The third-order valence-corrected chi connectivity index (χ3v) is 2.95. The molecule has 102 valence electrons. The molecule has 0 aliphatic rings. The second kappa shape index (κ2) is 6.74. The normalized spacial score (nSPS) is 9.75. The molecule has 0 spiro atoms. The van der Waals surface area contributed by atoms with E-state index in [1.54, 1.807) is 12.1 Å². The van der Waals surface area contributed by atoms with Crippen LogP contribution in [0.4, 0.5) is 10.1 Å². The Morgan fingerprint density at radius 3 is 2.60 bits per heavy atom. The van der Waals surface area contributed by atoms with E-state index >= 15 is 0 Å². The van der Waals surface area contributed by atoms with E-state index in [1.807, 2.05) is 37.4 Å². The largest absolute Gasteiger partial charge is 0.384 e. The zero-order valence-electron chi connectivity index (χ0n) is 11.3. The summed E-state index contributed by atoms with van der Waals surface area (Å²) in [4.78, 5) is 2.08. The van der Waals surface area contributed by atoms with Crippen molar-refractivity contribution >= 4 is 5.69 Å². The second-order valence-corrected chi connectivity index (χ2v) is 4.47. The van der Waals surface area contributed by atoms with Gasteiger partial charge in [0.25, 0.3) is 0 Å². The lowest BCUT2D eigenvalue weighted by Crippen LogP contribution is -2.16. The van der Waals surface area contributed by atoms with Crippen molar-refractivity contribution < 1.29 is 9.50 Å². The van der Waals surface area contributed by atoms with Crippen LogP contribution in [0.3, 0.4) is 0 Å². The van der Waals surface area contributed by atoms with Gasteiger partial charge in [-0.1, -0.05) is 36.1 Å². The molecule has 0 fully saturated rings. The lowest BCUT2D eigenvalue weighted by molar-refractivity contribution is 0.350. The molecule has 0 amide bonds. The molecule has 0 aliphatic heterocycles. The Kier molecular flexibility index (Phi) is 4.75.